The zero-order valence-corrected chi connectivity index (χ0v) is 22.1. The van der Waals surface area contributed by atoms with E-state index in [1.165, 1.54) is 33.3 Å². The van der Waals surface area contributed by atoms with Crippen LogP contribution in [0.15, 0.2) is 53.5 Å². The Hall–Kier alpha value is -3.64. The molecule has 4 heterocycles. The molecule has 0 saturated carbocycles. The van der Waals surface area contributed by atoms with E-state index in [1.807, 2.05) is 24.3 Å². The summed E-state index contributed by atoms with van der Waals surface area (Å²) in [7, 11) is 10.2. The fourth-order valence-corrected chi connectivity index (χ4v) is 7.28. The monoisotopic (exact) mass is 522 g/mol. The maximum absolute atomic E-state index is 13.5. The van der Waals surface area contributed by atoms with Crippen LogP contribution >= 0.6 is 23.5 Å². The van der Waals surface area contributed by atoms with Gasteiger partial charge in [0.05, 0.1) is 43.3 Å². The van der Waals surface area contributed by atoms with Crippen LogP contribution < -0.4 is 21.2 Å². The molecule has 0 bridgehead atoms. The number of nitrogens with zero attached hydrogens (tertiary/aromatic N) is 6. The molecule has 2 aliphatic heterocycles. The molecule has 4 aromatic rings. The Morgan fingerprint density at radius 1 is 0.500 bits per heavy atom. The summed E-state index contributed by atoms with van der Waals surface area (Å²) >= 11 is 2.49. The van der Waals surface area contributed by atoms with Gasteiger partial charge in [0.2, 0.25) is 0 Å². The van der Waals surface area contributed by atoms with Gasteiger partial charge in [0.25, 0.3) is 11.8 Å². The predicted octanol–water partition coefficient (Wildman–Crippen LogP) is 2.12. The number of amides is 2. The number of rotatable bonds is 0. The molecular formula is C24H22N6O4S2. The van der Waals surface area contributed by atoms with Gasteiger partial charge in [-0.3, -0.25) is 27.9 Å². The predicted molar refractivity (Wildman–Crippen MR) is 142 cm³/mol. The number of thioether (sulfide) groups is 2. The number of aromatic nitrogens is 4. The second-order valence-electron chi connectivity index (χ2n) is 9.01. The number of likely N-dealkylation sites (N-methyl/N-ethyl adjacent to an activating group) is 2. The molecule has 2 aromatic carbocycles. The smallest absolute Gasteiger partial charge is 0.310 e. The summed E-state index contributed by atoms with van der Waals surface area (Å²) in [5, 5.41) is 0. The molecule has 2 aliphatic rings. The topological polar surface area (TPSA) is 94.5 Å². The number of anilines is 2. The summed E-state index contributed by atoms with van der Waals surface area (Å²) in [6.45, 7) is 0. The van der Waals surface area contributed by atoms with Crippen LogP contribution in [0.3, 0.4) is 0 Å². The summed E-state index contributed by atoms with van der Waals surface area (Å²) in [5.41, 5.74) is 4.03. The fraction of sp³-hybridized carbons (Fsp3) is 0.250. The van der Waals surface area contributed by atoms with Crippen LogP contribution in [0.25, 0.3) is 22.1 Å². The first-order valence-corrected chi connectivity index (χ1v) is 12.7. The number of hydrogen-bond acceptors (Lipinski definition) is 6. The Balaban J connectivity index is 1.53. The van der Waals surface area contributed by atoms with Crippen molar-refractivity contribution in [3.63, 3.8) is 0 Å². The van der Waals surface area contributed by atoms with Crippen molar-refractivity contribution in [2.75, 3.05) is 23.9 Å². The van der Waals surface area contributed by atoms with Crippen LogP contribution in [-0.2, 0) is 37.8 Å². The van der Waals surface area contributed by atoms with Crippen molar-refractivity contribution in [2.24, 2.45) is 28.2 Å². The molecule has 0 fully saturated rings. The molecule has 0 spiro atoms. The summed E-state index contributed by atoms with van der Waals surface area (Å²) in [6.07, 6.45) is 0. The largest absolute Gasteiger partial charge is 0.328 e. The molecule has 2 amide bonds. The van der Waals surface area contributed by atoms with Crippen LogP contribution in [0.5, 0.6) is 0 Å². The van der Waals surface area contributed by atoms with Crippen LogP contribution in [0.2, 0.25) is 0 Å². The van der Waals surface area contributed by atoms with Crippen molar-refractivity contribution in [1.82, 2.24) is 18.3 Å². The van der Waals surface area contributed by atoms with Crippen LogP contribution in [0.4, 0.5) is 11.4 Å². The van der Waals surface area contributed by atoms with Crippen molar-refractivity contribution in [1.29, 1.82) is 0 Å². The van der Waals surface area contributed by atoms with E-state index in [0.717, 1.165) is 31.9 Å². The average Bonchev–Trinajstić information content (AvgIpc) is 3.21. The summed E-state index contributed by atoms with van der Waals surface area (Å²) in [4.78, 5) is 57.2. The molecule has 12 heteroatoms. The normalized spacial score (nSPS) is 17.9. The molecule has 0 unspecified atom stereocenters. The molecule has 6 rings (SSSR count). The maximum Gasteiger partial charge on any atom is 0.328 e. The average molecular weight is 523 g/mol. The summed E-state index contributed by atoms with van der Waals surface area (Å²) in [5.74, 6) is -0.567. The van der Waals surface area contributed by atoms with Gasteiger partial charge in [0, 0.05) is 52.1 Å². The first-order valence-electron chi connectivity index (χ1n) is 11.1. The Kier molecular flexibility index (Phi) is 4.71. The van der Waals surface area contributed by atoms with Gasteiger partial charge in [0.1, 0.15) is 0 Å². The Bertz CT molecular complexity index is 1720. The molecule has 0 aliphatic carbocycles. The van der Waals surface area contributed by atoms with Crippen LogP contribution in [0, 0.1) is 0 Å². The highest BCUT2D eigenvalue weighted by Gasteiger charge is 2.37. The number of carbonyl (C=O) groups excluding carboxylic acids is 2. The Morgan fingerprint density at radius 2 is 0.806 bits per heavy atom. The molecule has 2 aromatic heterocycles. The molecule has 0 N–H and O–H groups in total. The molecule has 0 radical (unpaired) electrons. The van der Waals surface area contributed by atoms with Crippen molar-refractivity contribution < 1.29 is 9.59 Å². The minimum absolute atomic E-state index is 0.150. The quantitative estimate of drug-likeness (QED) is 0.329. The SMILES string of the molecule is CN1C(=O)/C(=C2/Sc3cc4c(cc3N(C)C2=O)n(C)c(=O)n4C)Sc2cc3c(cc21)n(C)c(=O)n3C. The highest BCUT2D eigenvalue weighted by atomic mass is 32.2. The van der Waals surface area contributed by atoms with E-state index >= 15 is 0 Å². The second kappa shape index (κ2) is 7.43. The third-order valence-electron chi connectivity index (χ3n) is 7.06. The van der Waals surface area contributed by atoms with Crippen molar-refractivity contribution in [3.8, 4) is 0 Å². The zero-order chi connectivity index (χ0) is 25.8. The number of fused-ring (bicyclic) bond motifs is 4. The first-order chi connectivity index (χ1) is 17.0. The molecule has 184 valence electrons. The molecule has 10 nitrogen and oxygen atoms in total. The lowest BCUT2D eigenvalue weighted by atomic mass is 10.2. The van der Waals surface area contributed by atoms with E-state index in [1.54, 1.807) is 60.6 Å². The van der Waals surface area contributed by atoms with Crippen molar-refractivity contribution in [3.05, 3.63) is 55.0 Å². The van der Waals surface area contributed by atoms with Crippen molar-refractivity contribution >= 4 is 68.8 Å². The van der Waals surface area contributed by atoms with Crippen molar-refractivity contribution in [2.45, 2.75) is 9.79 Å². The van der Waals surface area contributed by atoms with E-state index in [-0.39, 0.29) is 23.2 Å². The number of carbonyl (C=O) groups is 2. The van der Waals surface area contributed by atoms with Crippen LogP contribution in [0.1, 0.15) is 0 Å². The van der Waals surface area contributed by atoms with Gasteiger partial charge in [-0.2, -0.15) is 0 Å². The van der Waals surface area contributed by atoms with Gasteiger partial charge >= 0.3 is 11.4 Å². The lowest BCUT2D eigenvalue weighted by Gasteiger charge is -2.32. The minimum atomic E-state index is -0.284. The number of imidazole rings is 2. The Morgan fingerprint density at radius 3 is 1.14 bits per heavy atom. The fourth-order valence-electron chi connectivity index (χ4n) is 4.84. The maximum atomic E-state index is 13.5. The lowest BCUT2D eigenvalue weighted by molar-refractivity contribution is -0.116. The third-order valence-corrected chi connectivity index (χ3v) is 9.44. The first kappa shape index (κ1) is 22.8. The second-order valence-corrected chi connectivity index (χ2v) is 11.1. The molecule has 36 heavy (non-hydrogen) atoms. The molecule has 0 saturated heterocycles. The lowest BCUT2D eigenvalue weighted by Crippen LogP contribution is -2.35. The Labute approximate surface area is 213 Å². The van der Waals surface area contributed by atoms with Gasteiger partial charge in [-0.05, 0) is 24.3 Å². The molecular weight excluding hydrogens is 500 g/mol. The van der Waals surface area contributed by atoms with E-state index in [4.69, 9.17) is 0 Å². The van der Waals surface area contributed by atoms with E-state index < -0.39 is 0 Å². The highest BCUT2D eigenvalue weighted by Crippen LogP contribution is 2.50. The van der Waals surface area contributed by atoms with Gasteiger partial charge < -0.3 is 9.80 Å². The third kappa shape index (κ3) is 2.82. The van der Waals surface area contributed by atoms with Gasteiger partial charge in [0.15, 0.2) is 0 Å². The van der Waals surface area contributed by atoms with E-state index in [2.05, 4.69) is 0 Å². The van der Waals surface area contributed by atoms with E-state index in [9.17, 15) is 19.2 Å². The van der Waals surface area contributed by atoms with Gasteiger partial charge in [-0.1, -0.05) is 23.5 Å². The van der Waals surface area contributed by atoms with Gasteiger partial charge in [-0.25, -0.2) is 9.59 Å². The van der Waals surface area contributed by atoms with Crippen LogP contribution in [-0.4, -0.2) is 44.2 Å². The molecule has 0 atom stereocenters. The van der Waals surface area contributed by atoms with E-state index in [0.29, 0.717) is 21.2 Å². The minimum Gasteiger partial charge on any atom is -0.310 e. The number of hydrogen-bond donors (Lipinski definition) is 0. The standard InChI is InChI=1S/C24H22N6O4S2/c1-25-15-7-11-13(29(5)23(33)27(11)3)9-17(15)35-19(21(25)31)20-22(32)26(2)16-8-12-14(10-18(16)36-20)30(6)24(34)28(12)4/h7-10H,1-6H3/b20-19-. The zero-order valence-electron chi connectivity index (χ0n) is 20.4. The van der Waals surface area contributed by atoms with Gasteiger partial charge in [-0.15, -0.1) is 0 Å². The number of benzene rings is 2. The summed E-state index contributed by atoms with van der Waals surface area (Å²) < 4.78 is 6.24. The number of aryl methyl sites for hydroxylation is 4. The highest BCUT2D eigenvalue weighted by molar-refractivity contribution is 8.08. The summed E-state index contributed by atoms with van der Waals surface area (Å²) in [6, 6.07) is 7.45.